The van der Waals surface area contributed by atoms with Gasteiger partial charge in [-0.25, -0.2) is 0 Å². The zero-order valence-electron chi connectivity index (χ0n) is 37.5. The fraction of sp³-hybridized carbons (Fsp3) is 0.978. The van der Waals surface area contributed by atoms with E-state index in [0.29, 0.717) is 31.8 Å². The summed E-state index contributed by atoms with van der Waals surface area (Å²) in [6.45, 7) is 7.03. The molecule has 9 fully saturated rings. The molecule has 0 amide bonds. The molecule has 5 aliphatic heterocycles. The monoisotopic (exact) mass is 932 g/mol. The predicted octanol–water partition coefficient (Wildman–Crippen LogP) is -2.58. The van der Waals surface area contributed by atoms with E-state index in [-0.39, 0.29) is 52.8 Å². The second kappa shape index (κ2) is 18.3. The van der Waals surface area contributed by atoms with Gasteiger partial charge in [0.25, 0.3) is 0 Å². The molecule has 20 nitrogen and oxygen atoms in total. The van der Waals surface area contributed by atoms with Crippen molar-refractivity contribution in [3.63, 3.8) is 0 Å². The molecule has 65 heavy (non-hydrogen) atoms. The van der Waals surface area contributed by atoms with Crippen LogP contribution in [0.1, 0.15) is 79.1 Å². The largest absolute Gasteiger partial charge is 0.394 e. The smallest absolute Gasteiger partial charge is 0.187 e. The Labute approximate surface area is 378 Å². The first-order valence-electron chi connectivity index (χ1n) is 23.9. The van der Waals surface area contributed by atoms with Crippen molar-refractivity contribution >= 4 is 5.78 Å². The molecule has 4 saturated carbocycles. The third-order valence-electron chi connectivity index (χ3n) is 18.2. The third kappa shape index (κ3) is 7.90. The number of ether oxygens (including phenoxy) is 8. The number of carbonyl (C=O) groups excluding carboxylic acids is 1. The van der Waals surface area contributed by atoms with Crippen molar-refractivity contribution in [1.82, 2.24) is 0 Å². The first-order valence-corrected chi connectivity index (χ1v) is 23.9. The zero-order chi connectivity index (χ0) is 46.7. The maximum Gasteiger partial charge on any atom is 0.187 e. The molecule has 0 radical (unpaired) electrons. The van der Waals surface area contributed by atoms with E-state index in [1.165, 1.54) is 0 Å². The number of fused-ring (bicyclic) bond motifs is 7. The lowest BCUT2D eigenvalue weighted by Gasteiger charge is -2.61. The van der Waals surface area contributed by atoms with Crippen LogP contribution in [0.4, 0.5) is 0 Å². The van der Waals surface area contributed by atoms with Crippen LogP contribution in [-0.4, -0.2) is 205 Å². The second-order valence-electron chi connectivity index (χ2n) is 21.5. The molecule has 5 heterocycles. The van der Waals surface area contributed by atoms with E-state index in [4.69, 9.17) is 37.9 Å². The molecule has 11 N–H and O–H groups in total. The van der Waals surface area contributed by atoms with Crippen LogP contribution in [0.25, 0.3) is 0 Å². The number of rotatable bonds is 9. The first-order chi connectivity index (χ1) is 30.8. The number of carbonyl (C=O) groups is 1. The van der Waals surface area contributed by atoms with Crippen molar-refractivity contribution in [3.05, 3.63) is 0 Å². The molecular formula is C45H72O20. The molecule has 0 aromatic rings. The van der Waals surface area contributed by atoms with Gasteiger partial charge in [-0.15, -0.1) is 0 Å². The highest BCUT2D eigenvalue weighted by molar-refractivity contribution is 5.87. The molecule has 4 aliphatic carbocycles. The lowest BCUT2D eigenvalue weighted by Crippen LogP contribution is -2.67. The van der Waals surface area contributed by atoms with Crippen molar-refractivity contribution in [1.29, 1.82) is 0 Å². The molecule has 0 bridgehead atoms. The highest BCUT2D eigenvalue weighted by Crippen LogP contribution is 2.70. The van der Waals surface area contributed by atoms with Gasteiger partial charge in [-0.05, 0) is 73.5 Å². The zero-order valence-corrected chi connectivity index (χ0v) is 37.5. The Balaban J connectivity index is 0.859. The van der Waals surface area contributed by atoms with Crippen LogP contribution in [0, 0.1) is 52.3 Å². The Bertz CT molecular complexity index is 1680. The quantitative estimate of drug-likeness (QED) is 0.106. The van der Waals surface area contributed by atoms with E-state index >= 15 is 0 Å². The molecule has 9 rings (SSSR count). The maximum absolute atomic E-state index is 14.6. The van der Waals surface area contributed by atoms with Gasteiger partial charge in [-0.3, -0.25) is 4.79 Å². The summed E-state index contributed by atoms with van der Waals surface area (Å²) in [5.74, 6) is 0.842. The summed E-state index contributed by atoms with van der Waals surface area (Å²) in [5.41, 5.74) is -0.906. The van der Waals surface area contributed by atoms with Gasteiger partial charge >= 0.3 is 0 Å². The van der Waals surface area contributed by atoms with Gasteiger partial charge in [0.05, 0.1) is 44.7 Å². The van der Waals surface area contributed by atoms with E-state index < -0.39 is 135 Å². The van der Waals surface area contributed by atoms with Gasteiger partial charge in [-0.2, -0.15) is 0 Å². The molecule has 372 valence electrons. The van der Waals surface area contributed by atoms with Gasteiger partial charge in [0.15, 0.2) is 24.7 Å². The van der Waals surface area contributed by atoms with Crippen molar-refractivity contribution in [2.45, 2.75) is 195 Å². The van der Waals surface area contributed by atoms with E-state index in [0.717, 1.165) is 32.1 Å². The number of hydrogen-bond donors (Lipinski definition) is 11. The third-order valence-corrected chi connectivity index (χ3v) is 18.2. The summed E-state index contributed by atoms with van der Waals surface area (Å²) < 4.78 is 48.4. The highest BCUT2D eigenvalue weighted by atomic mass is 16.8. The standard InChI is InChI=1S/C45H72O20/c1-17-7-8-45(58-16-17)18(2)30-25(65-45)10-22-20-6-5-19-9-24(23(49)12-43(19,3)21(20)11-29(50)44(22,30)4)59-40-37(57)35(55)38(28(15-48)62-40)63-42-39(34(54)32(52)27(14-47)61-42)64-41-36(56)33(53)31(51)26(13-46)60-41/h17-28,30-42,46-49,51-57H,5-16H2,1-4H3/t17-,18+,19+,20-,21+,22+,23-,24-,25+,26-,27-,28-,30+,31-,32-,33+,34+,35-,36-,37-,38+,39-,40-,41+,42+,43+,44-,45-/m1/s1. The number of aliphatic hydroxyl groups excluding tert-OH is 11. The number of ketones is 1. The van der Waals surface area contributed by atoms with Crippen LogP contribution in [0.3, 0.4) is 0 Å². The fourth-order valence-corrected chi connectivity index (χ4v) is 14.4. The molecule has 9 aliphatic rings. The second-order valence-corrected chi connectivity index (χ2v) is 21.5. The fourth-order valence-electron chi connectivity index (χ4n) is 14.4. The van der Waals surface area contributed by atoms with Crippen molar-refractivity contribution in [3.8, 4) is 0 Å². The van der Waals surface area contributed by atoms with Gasteiger partial charge in [0, 0.05) is 30.1 Å². The van der Waals surface area contributed by atoms with Crippen molar-refractivity contribution < 1.29 is 98.9 Å². The van der Waals surface area contributed by atoms with E-state index in [1.54, 1.807) is 0 Å². The van der Waals surface area contributed by atoms with Gasteiger partial charge in [0.1, 0.15) is 79.0 Å². The molecule has 0 unspecified atom stereocenters. The molecule has 28 atom stereocenters. The summed E-state index contributed by atoms with van der Waals surface area (Å²) in [6.07, 6.45) is -22.1. The van der Waals surface area contributed by atoms with Crippen molar-refractivity contribution in [2.24, 2.45) is 52.3 Å². The topological polar surface area (TPSA) is 313 Å². The highest BCUT2D eigenvalue weighted by Gasteiger charge is 2.72. The number of Topliss-reactive ketones (excluding diaryl/α,β-unsaturated/α-hetero) is 1. The van der Waals surface area contributed by atoms with Crippen LogP contribution in [0.2, 0.25) is 0 Å². The predicted molar refractivity (Wildman–Crippen MR) is 217 cm³/mol. The van der Waals surface area contributed by atoms with Crippen LogP contribution in [0.5, 0.6) is 0 Å². The van der Waals surface area contributed by atoms with E-state index in [2.05, 4.69) is 27.7 Å². The Morgan fingerprint density at radius 2 is 1.26 bits per heavy atom. The lowest BCUT2D eigenvalue weighted by molar-refractivity contribution is -0.391. The molecule has 0 aromatic heterocycles. The van der Waals surface area contributed by atoms with Crippen molar-refractivity contribution in [2.75, 3.05) is 26.4 Å². The Morgan fingerprint density at radius 1 is 0.662 bits per heavy atom. The normalized spacial score (nSPS) is 58.0. The van der Waals surface area contributed by atoms with Gasteiger partial charge in [-0.1, -0.05) is 27.7 Å². The van der Waals surface area contributed by atoms with Gasteiger partial charge < -0.3 is 94.1 Å². The molecule has 1 spiro atoms. The van der Waals surface area contributed by atoms with Gasteiger partial charge in [0.2, 0.25) is 0 Å². The number of hydrogen-bond acceptors (Lipinski definition) is 20. The minimum atomic E-state index is -1.92. The summed E-state index contributed by atoms with van der Waals surface area (Å²) in [7, 11) is 0. The minimum Gasteiger partial charge on any atom is -0.394 e. The van der Waals surface area contributed by atoms with Crippen LogP contribution in [0.15, 0.2) is 0 Å². The average molecular weight is 933 g/mol. The van der Waals surface area contributed by atoms with Crippen LogP contribution >= 0.6 is 0 Å². The number of aliphatic hydroxyl groups is 11. The van der Waals surface area contributed by atoms with Crippen LogP contribution in [-0.2, 0) is 42.7 Å². The summed E-state index contributed by atoms with van der Waals surface area (Å²) in [6, 6.07) is 0. The first kappa shape index (κ1) is 48.9. The average Bonchev–Trinajstić information content (AvgIpc) is 3.73. The van der Waals surface area contributed by atoms with E-state index in [1.807, 2.05) is 0 Å². The maximum atomic E-state index is 14.6. The van der Waals surface area contributed by atoms with E-state index in [9.17, 15) is 61.0 Å². The molecule has 5 saturated heterocycles. The Kier molecular flexibility index (Phi) is 13.7. The molecule has 0 aromatic carbocycles. The SMILES string of the molecule is C[C@@H]1CC[C@@]2(OC1)O[C@H]1C[C@H]3[C@@H]4CC[C@H]5C[C@@H](O[C@@H]6O[C@H](CO)[C@H](O[C@@H]7O[C@H](CO)[C@@H](O)[C@H](O)[C@H]7O[C@@H]7O[C@H](CO)[C@@H](O)[C@H](O)[C@H]7O)[C@H](O)[C@H]6O)[C@H](O)C[C@]5(C)[C@H]4CC(=O)[C@]3(C)[C@H]1[C@@H]2C. The molecule has 20 heteroatoms. The van der Waals surface area contributed by atoms with Crippen LogP contribution < -0.4 is 0 Å². The summed E-state index contributed by atoms with van der Waals surface area (Å²) in [4.78, 5) is 14.6. The summed E-state index contributed by atoms with van der Waals surface area (Å²) >= 11 is 0. The molecular weight excluding hydrogens is 860 g/mol. The lowest BCUT2D eigenvalue weighted by atomic mass is 9.43. The minimum absolute atomic E-state index is 0.0419. The summed E-state index contributed by atoms with van der Waals surface area (Å²) in [5, 5.41) is 118. The Hall–Kier alpha value is -1.09. The Morgan fingerprint density at radius 3 is 1.92 bits per heavy atom.